The van der Waals surface area contributed by atoms with E-state index in [2.05, 4.69) is 44.7 Å². The molecule has 82 valence electrons. The zero-order valence-corrected chi connectivity index (χ0v) is 10.3. The lowest BCUT2D eigenvalue weighted by Gasteiger charge is -2.16. The highest BCUT2D eigenvalue weighted by atomic mass is 15.1. The second-order valence-corrected chi connectivity index (χ2v) is 5.27. The molecule has 1 aromatic rings. The lowest BCUT2D eigenvalue weighted by Crippen LogP contribution is -2.21. The van der Waals surface area contributed by atoms with Crippen molar-refractivity contribution < 1.29 is 0 Å². The van der Waals surface area contributed by atoms with Crippen LogP contribution in [0, 0.1) is 19.8 Å². The first-order valence-corrected chi connectivity index (χ1v) is 5.87. The molecule has 0 N–H and O–H groups in total. The molecule has 0 amide bonds. The highest BCUT2D eigenvalue weighted by molar-refractivity contribution is 5.39. The van der Waals surface area contributed by atoms with Crippen LogP contribution in [0.25, 0.3) is 0 Å². The average Bonchev–Trinajstić information content (AvgIpc) is 2.46. The van der Waals surface area contributed by atoms with E-state index in [1.165, 1.54) is 17.7 Å². The van der Waals surface area contributed by atoms with Crippen molar-refractivity contribution in [2.75, 3.05) is 6.54 Å². The molecule has 0 saturated carbocycles. The Morgan fingerprint density at radius 2 is 1.53 bits per heavy atom. The lowest BCUT2D eigenvalue weighted by molar-refractivity contribution is 0.251. The summed E-state index contributed by atoms with van der Waals surface area (Å²) in [5.41, 5.74) is 5.94. The standard InChI is InChI=1S/C14H21N/c1-10(2)7-15-8-13-5-11(3)12(4)6-14(13)9-15/h5-6,10H,7-9H2,1-4H3. The van der Waals surface area contributed by atoms with E-state index in [0.29, 0.717) is 0 Å². The predicted molar refractivity (Wildman–Crippen MR) is 64.9 cm³/mol. The summed E-state index contributed by atoms with van der Waals surface area (Å²) < 4.78 is 0. The maximum absolute atomic E-state index is 2.55. The molecule has 1 aliphatic heterocycles. The number of hydrogen-bond acceptors (Lipinski definition) is 1. The number of rotatable bonds is 2. The largest absolute Gasteiger partial charge is 0.295 e. The highest BCUT2D eigenvalue weighted by Crippen LogP contribution is 2.26. The summed E-state index contributed by atoms with van der Waals surface area (Å²) in [7, 11) is 0. The molecule has 0 aliphatic carbocycles. The van der Waals surface area contributed by atoms with Crippen molar-refractivity contribution >= 4 is 0 Å². The van der Waals surface area contributed by atoms with Crippen molar-refractivity contribution in [2.45, 2.75) is 40.8 Å². The molecule has 1 heterocycles. The maximum atomic E-state index is 2.55. The molecule has 0 aromatic heterocycles. The number of fused-ring (bicyclic) bond motifs is 1. The normalized spacial score (nSPS) is 16.1. The third-order valence-corrected chi connectivity index (χ3v) is 3.23. The van der Waals surface area contributed by atoms with Gasteiger partial charge in [-0.1, -0.05) is 26.0 Å². The molecule has 0 unspecified atom stereocenters. The van der Waals surface area contributed by atoms with Crippen LogP contribution in [0.2, 0.25) is 0 Å². The van der Waals surface area contributed by atoms with Crippen LogP contribution in [0.15, 0.2) is 12.1 Å². The van der Waals surface area contributed by atoms with Crippen LogP contribution in [0.1, 0.15) is 36.1 Å². The fourth-order valence-electron chi connectivity index (χ4n) is 2.41. The zero-order chi connectivity index (χ0) is 11.0. The van der Waals surface area contributed by atoms with Crippen LogP contribution >= 0.6 is 0 Å². The van der Waals surface area contributed by atoms with Crippen LogP contribution in [-0.4, -0.2) is 11.4 Å². The Balaban J connectivity index is 2.17. The minimum absolute atomic E-state index is 0.765. The number of benzene rings is 1. The Bertz CT molecular complexity index is 335. The molecule has 1 heteroatoms. The fourth-order valence-corrected chi connectivity index (χ4v) is 2.41. The summed E-state index contributed by atoms with van der Waals surface area (Å²) in [4.78, 5) is 2.55. The summed E-state index contributed by atoms with van der Waals surface area (Å²) in [6, 6.07) is 4.73. The molecule has 2 rings (SSSR count). The van der Waals surface area contributed by atoms with Gasteiger partial charge < -0.3 is 0 Å². The first-order valence-electron chi connectivity index (χ1n) is 5.87. The minimum atomic E-state index is 0.765. The van der Waals surface area contributed by atoms with Gasteiger partial charge in [0, 0.05) is 19.6 Å². The van der Waals surface area contributed by atoms with Crippen LogP contribution in [0.5, 0.6) is 0 Å². The van der Waals surface area contributed by atoms with Gasteiger partial charge in [-0.05, 0) is 42.0 Å². The monoisotopic (exact) mass is 203 g/mol. The third kappa shape index (κ3) is 2.23. The van der Waals surface area contributed by atoms with Gasteiger partial charge in [-0.25, -0.2) is 0 Å². The van der Waals surface area contributed by atoms with Crippen molar-refractivity contribution in [3.8, 4) is 0 Å². The van der Waals surface area contributed by atoms with Gasteiger partial charge in [0.1, 0.15) is 0 Å². The van der Waals surface area contributed by atoms with Gasteiger partial charge in [0.15, 0.2) is 0 Å². The van der Waals surface area contributed by atoms with Gasteiger partial charge in [0.05, 0.1) is 0 Å². The van der Waals surface area contributed by atoms with Crippen LogP contribution in [0.4, 0.5) is 0 Å². The van der Waals surface area contributed by atoms with Crippen molar-refractivity contribution in [3.63, 3.8) is 0 Å². The molecule has 1 nitrogen and oxygen atoms in total. The van der Waals surface area contributed by atoms with E-state index in [0.717, 1.165) is 19.0 Å². The maximum Gasteiger partial charge on any atom is 0.0240 e. The minimum Gasteiger partial charge on any atom is -0.295 e. The first-order chi connectivity index (χ1) is 7.06. The van der Waals surface area contributed by atoms with Gasteiger partial charge in [-0.15, -0.1) is 0 Å². The number of nitrogens with zero attached hydrogens (tertiary/aromatic N) is 1. The number of hydrogen-bond donors (Lipinski definition) is 0. The SMILES string of the molecule is Cc1cc2c(cc1C)CN(CC(C)C)C2. The average molecular weight is 203 g/mol. The Morgan fingerprint density at radius 3 is 1.93 bits per heavy atom. The fraction of sp³-hybridized carbons (Fsp3) is 0.571. The Labute approximate surface area is 93.1 Å². The van der Waals surface area contributed by atoms with E-state index < -0.39 is 0 Å². The second-order valence-electron chi connectivity index (χ2n) is 5.27. The van der Waals surface area contributed by atoms with Gasteiger partial charge in [0.2, 0.25) is 0 Å². The molecule has 0 atom stereocenters. The predicted octanol–water partition coefficient (Wildman–Crippen LogP) is 3.28. The van der Waals surface area contributed by atoms with Crippen molar-refractivity contribution in [1.29, 1.82) is 0 Å². The third-order valence-electron chi connectivity index (χ3n) is 3.23. The molecule has 1 aliphatic rings. The lowest BCUT2D eigenvalue weighted by atomic mass is 10.0. The van der Waals surface area contributed by atoms with E-state index >= 15 is 0 Å². The summed E-state index contributed by atoms with van der Waals surface area (Å²) in [5.74, 6) is 0.765. The van der Waals surface area contributed by atoms with E-state index in [1.54, 1.807) is 11.1 Å². The highest BCUT2D eigenvalue weighted by Gasteiger charge is 2.19. The summed E-state index contributed by atoms with van der Waals surface area (Å²) in [5, 5.41) is 0. The molecule has 0 spiro atoms. The quantitative estimate of drug-likeness (QED) is 0.713. The van der Waals surface area contributed by atoms with Crippen LogP contribution in [0.3, 0.4) is 0 Å². The molecule has 0 bridgehead atoms. The Kier molecular flexibility index (Phi) is 2.83. The summed E-state index contributed by atoms with van der Waals surface area (Å²) in [6.07, 6.45) is 0. The molecular weight excluding hydrogens is 182 g/mol. The van der Waals surface area contributed by atoms with Crippen LogP contribution < -0.4 is 0 Å². The van der Waals surface area contributed by atoms with Gasteiger partial charge >= 0.3 is 0 Å². The van der Waals surface area contributed by atoms with Crippen molar-refractivity contribution in [1.82, 2.24) is 4.90 Å². The summed E-state index contributed by atoms with van der Waals surface area (Å²) >= 11 is 0. The molecular formula is C14H21N. The van der Waals surface area contributed by atoms with Crippen LogP contribution in [-0.2, 0) is 13.1 Å². The number of aryl methyl sites for hydroxylation is 2. The van der Waals surface area contributed by atoms with Crippen molar-refractivity contribution in [2.24, 2.45) is 5.92 Å². The topological polar surface area (TPSA) is 3.24 Å². The second kappa shape index (κ2) is 3.97. The van der Waals surface area contributed by atoms with E-state index in [1.807, 2.05) is 0 Å². The van der Waals surface area contributed by atoms with Crippen molar-refractivity contribution in [3.05, 3.63) is 34.4 Å². The van der Waals surface area contributed by atoms with E-state index in [-0.39, 0.29) is 0 Å². The Hall–Kier alpha value is -0.820. The molecule has 0 saturated heterocycles. The molecule has 0 fully saturated rings. The Morgan fingerprint density at radius 1 is 1.07 bits per heavy atom. The van der Waals surface area contributed by atoms with Gasteiger partial charge in [-0.2, -0.15) is 0 Å². The van der Waals surface area contributed by atoms with Gasteiger partial charge in [-0.3, -0.25) is 4.90 Å². The van der Waals surface area contributed by atoms with Gasteiger partial charge in [0.25, 0.3) is 0 Å². The zero-order valence-electron chi connectivity index (χ0n) is 10.3. The molecule has 0 radical (unpaired) electrons. The molecule has 15 heavy (non-hydrogen) atoms. The first kappa shape index (κ1) is 10.7. The molecule has 1 aromatic carbocycles. The smallest absolute Gasteiger partial charge is 0.0240 e. The summed E-state index contributed by atoms with van der Waals surface area (Å²) in [6.45, 7) is 12.5. The van der Waals surface area contributed by atoms with E-state index in [4.69, 9.17) is 0 Å². The van der Waals surface area contributed by atoms with E-state index in [9.17, 15) is 0 Å².